The Hall–Kier alpha value is -1.98. The molecule has 0 aliphatic carbocycles. The van der Waals surface area contributed by atoms with Gasteiger partial charge in [0.2, 0.25) is 5.91 Å². The van der Waals surface area contributed by atoms with E-state index >= 15 is 0 Å². The first-order chi connectivity index (χ1) is 12.0. The molecule has 0 unspecified atom stereocenters. The monoisotopic (exact) mass is 364 g/mol. The molecule has 132 valence electrons. The molecule has 0 bridgehead atoms. The van der Waals surface area contributed by atoms with Gasteiger partial charge in [0.25, 0.3) is 0 Å². The lowest BCUT2D eigenvalue weighted by Gasteiger charge is -2.31. The van der Waals surface area contributed by atoms with Gasteiger partial charge in [-0.3, -0.25) is 9.69 Å². The molecule has 3 rings (SSSR count). The Bertz CT molecular complexity index is 741. The lowest BCUT2D eigenvalue weighted by molar-refractivity contribution is -0.121. The van der Waals surface area contributed by atoms with E-state index in [4.69, 9.17) is 11.6 Å². The fraction of sp³-hybridized carbons (Fsp3) is 0.316. The van der Waals surface area contributed by atoms with Crippen molar-refractivity contribution in [2.24, 2.45) is 5.92 Å². The van der Waals surface area contributed by atoms with Gasteiger partial charge in [0, 0.05) is 23.0 Å². The van der Waals surface area contributed by atoms with E-state index < -0.39 is 5.82 Å². The zero-order valence-electron chi connectivity index (χ0n) is 13.6. The number of piperidine rings is 1. The molecule has 6 heteroatoms. The van der Waals surface area contributed by atoms with Crippen LogP contribution in [0, 0.1) is 17.6 Å². The summed E-state index contributed by atoms with van der Waals surface area (Å²) in [6.45, 7) is 1.76. The molecule has 1 heterocycles. The van der Waals surface area contributed by atoms with Crippen LogP contribution in [0.15, 0.2) is 42.5 Å². The molecule has 2 aromatic carbocycles. The number of para-hydroxylation sites is 1. The summed E-state index contributed by atoms with van der Waals surface area (Å²) < 4.78 is 27.5. The predicted molar refractivity (Wildman–Crippen MR) is 94.4 cm³/mol. The molecule has 1 N–H and O–H groups in total. The van der Waals surface area contributed by atoms with E-state index in [1.165, 1.54) is 12.1 Å². The number of rotatable bonds is 4. The normalized spacial score (nSPS) is 16.0. The first-order valence-electron chi connectivity index (χ1n) is 8.25. The molecule has 1 fully saturated rings. The second kappa shape index (κ2) is 7.93. The highest BCUT2D eigenvalue weighted by Crippen LogP contribution is 2.25. The van der Waals surface area contributed by atoms with Crippen LogP contribution in [-0.4, -0.2) is 23.9 Å². The van der Waals surface area contributed by atoms with Crippen LogP contribution in [0.5, 0.6) is 0 Å². The Labute approximate surface area is 150 Å². The van der Waals surface area contributed by atoms with E-state index in [0.717, 1.165) is 0 Å². The summed E-state index contributed by atoms with van der Waals surface area (Å²) in [7, 11) is 0. The van der Waals surface area contributed by atoms with Crippen molar-refractivity contribution in [2.75, 3.05) is 18.4 Å². The molecule has 1 aliphatic heterocycles. The van der Waals surface area contributed by atoms with Gasteiger partial charge in [-0.2, -0.15) is 0 Å². The second-order valence-corrected chi connectivity index (χ2v) is 6.63. The maximum atomic E-state index is 13.9. The highest BCUT2D eigenvalue weighted by Gasteiger charge is 2.26. The minimum Gasteiger partial charge on any atom is -0.323 e. The number of hydrogen-bond donors (Lipinski definition) is 1. The number of carbonyl (C=O) groups is 1. The Morgan fingerprint density at radius 3 is 2.44 bits per heavy atom. The average Bonchev–Trinajstić information content (AvgIpc) is 2.61. The van der Waals surface area contributed by atoms with E-state index in [0.29, 0.717) is 43.1 Å². The molecule has 25 heavy (non-hydrogen) atoms. The number of nitrogens with zero attached hydrogens (tertiary/aromatic N) is 1. The number of anilines is 1. The molecule has 3 nitrogen and oxygen atoms in total. The molecular weight excluding hydrogens is 346 g/mol. The van der Waals surface area contributed by atoms with Crippen molar-refractivity contribution in [3.63, 3.8) is 0 Å². The number of halogens is 3. The number of benzene rings is 2. The van der Waals surface area contributed by atoms with Crippen molar-refractivity contribution >= 4 is 23.2 Å². The summed E-state index contributed by atoms with van der Waals surface area (Å²) in [6.07, 6.45) is 1.29. The van der Waals surface area contributed by atoms with Crippen molar-refractivity contribution in [3.05, 3.63) is 64.7 Å². The largest absolute Gasteiger partial charge is 0.323 e. The standard InChI is InChI=1S/C19H19ClF2N2O/c20-15-4-3-6-16(21)14(15)12-24-10-8-13(9-11-24)19(25)23-18-7-2-1-5-17(18)22/h1-7,13H,8-12H2,(H,23,25). The molecule has 0 radical (unpaired) electrons. The highest BCUT2D eigenvalue weighted by atomic mass is 35.5. The fourth-order valence-electron chi connectivity index (χ4n) is 3.06. The predicted octanol–water partition coefficient (Wildman–Crippen LogP) is 4.47. The summed E-state index contributed by atoms with van der Waals surface area (Å²) in [5.41, 5.74) is 0.687. The molecule has 0 saturated carbocycles. The Morgan fingerprint density at radius 1 is 1.08 bits per heavy atom. The van der Waals surface area contributed by atoms with Gasteiger partial charge >= 0.3 is 0 Å². The van der Waals surface area contributed by atoms with Gasteiger partial charge in [-0.05, 0) is 50.2 Å². The number of hydrogen-bond acceptors (Lipinski definition) is 2. The van der Waals surface area contributed by atoms with Gasteiger partial charge in [0.05, 0.1) is 5.69 Å². The third-order valence-corrected chi connectivity index (χ3v) is 4.89. The zero-order chi connectivity index (χ0) is 17.8. The molecule has 1 saturated heterocycles. The molecule has 2 aromatic rings. The second-order valence-electron chi connectivity index (χ2n) is 6.22. The highest BCUT2D eigenvalue weighted by molar-refractivity contribution is 6.31. The lowest BCUT2D eigenvalue weighted by Crippen LogP contribution is -2.38. The summed E-state index contributed by atoms with van der Waals surface area (Å²) >= 11 is 6.07. The van der Waals surface area contributed by atoms with Gasteiger partial charge in [-0.25, -0.2) is 8.78 Å². The summed E-state index contributed by atoms with van der Waals surface area (Å²) in [4.78, 5) is 14.4. The van der Waals surface area contributed by atoms with Crippen LogP contribution in [0.4, 0.5) is 14.5 Å². The Balaban J connectivity index is 1.55. The topological polar surface area (TPSA) is 32.3 Å². The minimum absolute atomic E-state index is 0.173. The SMILES string of the molecule is O=C(Nc1ccccc1F)C1CCN(Cc2c(F)cccc2Cl)CC1. The van der Waals surface area contributed by atoms with Crippen molar-refractivity contribution in [2.45, 2.75) is 19.4 Å². The molecule has 0 aromatic heterocycles. The number of amides is 1. The van der Waals surface area contributed by atoms with Gasteiger partial charge < -0.3 is 5.32 Å². The van der Waals surface area contributed by atoms with Crippen LogP contribution in [0.25, 0.3) is 0 Å². The third-order valence-electron chi connectivity index (χ3n) is 4.53. The minimum atomic E-state index is -0.442. The van der Waals surface area contributed by atoms with Gasteiger partial charge in [0.15, 0.2) is 0 Å². The zero-order valence-corrected chi connectivity index (χ0v) is 14.4. The number of carbonyl (C=O) groups excluding carboxylic acids is 1. The van der Waals surface area contributed by atoms with Crippen molar-refractivity contribution in [3.8, 4) is 0 Å². The van der Waals surface area contributed by atoms with E-state index in [1.54, 1.807) is 30.3 Å². The molecule has 0 spiro atoms. The number of likely N-dealkylation sites (tertiary alicyclic amines) is 1. The summed E-state index contributed by atoms with van der Waals surface area (Å²) in [5.74, 6) is -1.10. The van der Waals surface area contributed by atoms with Gasteiger partial charge in [-0.1, -0.05) is 29.8 Å². The lowest BCUT2D eigenvalue weighted by atomic mass is 9.95. The van der Waals surface area contributed by atoms with E-state index in [9.17, 15) is 13.6 Å². The van der Waals surface area contributed by atoms with E-state index in [-0.39, 0.29) is 23.3 Å². The first-order valence-corrected chi connectivity index (χ1v) is 8.63. The maximum Gasteiger partial charge on any atom is 0.227 e. The fourth-order valence-corrected chi connectivity index (χ4v) is 3.28. The van der Waals surface area contributed by atoms with Gasteiger partial charge in [-0.15, -0.1) is 0 Å². The van der Waals surface area contributed by atoms with Crippen molar-refractivity contribution in [1.29, 1.82) is 0 Å². The van der Waals surface area contributed by atoms with Crippen LogP contribution in [-0.2, 0) is 11.3 Å². The molecule has 1 amide bonds. The summed E-state index contributed by atoms with van der Waals surface area (Å²) in [5, 5.41) is 3.07. The number of nitrogens with one attached hydrogen (secondary N) is 1. The molecule has 1 aliphatic rings. The van der Waals surface area contributed by atoms with Crippen LogP contribution >= 0.6 is 11.6 Å². The first kappa shape index (κ1) is 17.8. The molecular formula is C19H19ClF2N2O. The Kier molecular flexibility index (Phi) is 5.66. The van der Waals surface area contributed by atoms with Crippen LogP contribution in [0.3, 0.4) is 0 Å². The van der Waals surface area contributed by atoms with Gasteiger partial charge in [0.1, 0.15) is 11.6 Å². The van der Waals surface area contributed by atoms with Crippen molar-refractivity contribution in [1.82, 2.24) is 4.90 Å². The molecule has 0 atom stereocenters. The quantitative estimate of drug-likeness (QED) is 0.868. The Morgan fingerprint density at radius 2 is 1.76 bits per heavy atom. The van der Waals surface area contributed by atoms with Crippen LogP contribution in [0.2, 0.25) is 5.02 Å². The van der Waals surface area contributed by atoms with Crippen LogP contribution < -0.4 is 5.32 Å². The smallest absolute Gasteiger partial charge is 0.227 e. The van der Waals surface area contributed by atoms with E-state index in [2.05, 4.69) is 10.2 Å². The van der Waals surface area contributed by atoms with Crippen molar-refractivity contribution < 1.29 is 13.6 Å². The third kappa shape index (κ3) is 4.35. The summed E-state index contributed by atoms with van der Waals surface area (Å²) in [6, 6.07) is 10.8. The average molecular weight is 365 g/mol. The van der Waals surface area contributed by atoms with Crippen LogP contribution in [0.1, 0.15) is 18.4 Å². The van der Waals surface area contributed by atoms with E-state index in [1.807, 2.05) is 0 Å². The maximum absolute atomic E-state index is 13.9.